The number of fused-ring (bicyclic) bond motifs is 2. The number of rotatable bonds is 5. The molecule has 1 aliphatic heterocycles. The summed E-state index contributed by atoms with van der Waals surface area (Å²) in [4.78, 5) is 32.4. The standard InChI is InChI=1S/C26H24N2O5S/c1-4-32-26(30)18-9-19(23-20(10-18)12-31-14-33-23)11-28-13-27-24-22(25(28)29)21(16(3)34-24)17-7-5-15(2)6-8-17/h5-10,13H,4,11-12,14H2,1-3H3. The quantitative estimate of drug-likeness (QED) is 0.384. The third-order valence-corrected chi connectivity index (χ3v) is 6.85. The second-order valence-electron chi connectivity index (χ2n) is 8.21. The van der Waals surface area contributed by atoms with E-state index in [9.17, 15) is 9.59 Å². The van der Waals surface area contributed by atoms with Crippen molar-refractivity contribution < 1.29 is 19.0 Å². The van der Waals surface area contributed by atoms with E-state index in [1.54, 1.807) is 30.0 Å². The van der Waals surface area contributed by atoms with Crippen LogP contribution in [0.2, 0.25) is 0 Å². The normalized spacial score (nSPS) is 12.9. The van der Waals surface area contributed by atoms with E-state index in [1.165, 1.54) is 11.3 Å². The number of hydrogen-bond acceptors (Lipinski definition) is 7. The van der Waals surface area contributed by atoms with E-state index in [2.05, 4.69) is 4.98 Å². The van der Waals surface area contributed by atoms with E-state index in [0.29, 0.717) is 33.7 Å². The summed E-state index contributed by atoms with van der Waals surface area (Å²) in [5.74, 6) is 0.208. The molecule has 0 spiro atoms. The molecule has 0 N–H and O–H groups in total. The first-order valence-electron chi connectivity index (χ1n) is 11.0. The maximum Gasteiger partial charge on any atom is 0.338 e. The number of hydrogen-bond donors (Lipinski definition) is 0. The highest BCUT2D eigenvalue weighted by Gasteiger charge is 2.22. The summed E-state index contributed by atoms with van der Waals surface area (Å²) in [6, 6.07) is 11.6. The Bertz CT molecular complexity index is 1450. The highest BCUT2D eigenvalue weighted by atomic mass is 32.1. The van der Waals surface area contributed by atoms with Crippen molar-refractivity contribution in [1.82, 2.24) is 9.55 Å². The van der Waals surface area contributed by atoms with Crippen LogP contribution in [0.25, 0.3) is 21.3 Å². The number of carbonyl (C=O) groups is 1. The number of benzene rings is 2. The van der Waals surface area contributed by atoms with Gasteiger partial charge in [-0.3, -0.25) is 9.36 Å². The van der Waals surface area contributed by atoms with Gasteiger partial charge in [-0.2, -0.15) is 0 Å². The van der Waals surface area contributed by atoms with Crippen LogP contribution in [0.15, 0.2) is 47.5 Å². The lowest BCUT2D eigenvalue weighted by Gasteiger charge is -2.22. The summed E-state index contributed by atoms with van der Waals surface area (Å²) in [6.45, 7) is 6.73. The van der Waals surface area contributed by atoms with Crippen molar-refractivity contribution in [3.8, 4) is 16.9 Å². The Kier molecular flexibility index (Phi) is 5.93. The molecule has 2 aromatic carbocycles. The summed E-state index contributed by atoms with van der Waals surface area (Å²) in [6.07, 6.45) is 1.56. The zero-order chi connectivity index (χ0) is 23.8. The van der Waals surface area contributed by atoms with Crippen molar-refractivity contribution in [2.75, 3.05) is 13.4 Å². The molecule has 34 heavy (non-hydrogen) atoms. The van der Waals surface area contributed by atoms with Gasteiger partial charge in [0.25, 0.3) is 5.56 Å². The van der Waals surface area contributed by atoms with Crippen molar-refractivity contribution in [3.05, 3.63) is 80.2 Å². The third-order valence-electron chi connectivity index (χ3n) is 5.83. The van der Waals surface area contributed by atoms with Crippen LogP contribution >= 0.6 is 11.3 Å². The molecule has 0 saturated heterocycles. The number of carbonyl (C=O) groups excluding carboxylic acids is 1. The summed E-state index contributed by atoms with van der Waals surface area (Å²) >= 11 is 1.51. The highest BCUT2D eigenvalue weighted by molar-refractivity contribution is 7.19. The number of aromatic nitrogens is 2. The van der Waals surface area contributed by atoms with Gasteiger partial charge >= 0.3 is 5.97 Å². The van der Waals surface area contributed by atoms with Crippen molar-refractivity contribution in [3.63, 3.8) is 0 Å². The van der Waals surface area contributed by atoms with Gasteiger partial charge in [0.05, 0.1) is 37.0 Å². The average Bonchev–Trinajstić information content (AvgIpc) is 3.18. The van der Waals surface area contributed by atoms with E-state index in [-0.39, 0.29) is 25.5 Å². The molecule has 1 aliphatic rings. The van der Waals surface area contributed by atoms with Gasteiger partial charge in [0, 0.05) is 21.6 Å². The predicted molar refractivity (Wildman–Crippen MR) is 131 cm³/mol. The minimum atomic E-state index is -0.423. The summed E-state index contributed by atoms with van der Waals surface area (Å²) in [7, 11) is 0. The van der Waals surface area contributed by atoms with Crippen LogP contribution in [0.5, 0.6) is 5.75 Å². The van der Waals surface area contributed by atoms with E-state index >= 15 is 0 Å². The topological polar surface area (TPSA) is 79.7 Å². The Labute approximate surface area is 200 Å². The lowest BCUT2D eigenvalue weighted by atomic mass is 10.0. The smallest absolute Gasteiger partial charge is 0.338 e. The van der Waals surface area contributed by atoms with Crippen molar-refractivity contribution in [1.29, 1.82) is 0 Å². The molecule has 0 fully saturated rings. The van der Waals surface area contributed by atoms with Crippen molar-refractivity contribution in [2.45, 2.75) is 33.9 Å². The van der Waals surface area contributed by atoms with Gasteiger partial charge in [0.1, 0.15) is 10.6 Å². The van der Waals surface area contributed by atoms with Gasteiger partial charge in [-0.15, -0.1) is 11.3 Å². The summed E-state index contributed by atoms with van der Waals surface area (Å²) in [5.41, 5.74) is 4.79. The SMILES string of the molecule is CCOC(=O)c1cc2c(c(Cn3cnc4sc(C)c(-c5ccc(C)cc5)c4c3=O)c1)OCOC2. The average molecular weight is 477 g/mol. The van der Waals surface area contributed by atoms with Crippen LogP contribution in [0.1, 0.15) is 38.8 Å². The zero-order valence-electron chi connectivity index (χ0n) is 19.2. The molecular weight excluding hydrogens is 452 g/mol. The van der Waals surface area contributed by atoms with Gasteiger partial charge in [0.2, 0.25) is 0 Å². The molecule has 7 nitrogen and oxygen atoms in total. The molecule has 0 saturated carbocycles. The molecule has 0 aliphatic carbocycles. The largest absolute Gasteiger partial charge is 0.467 e. The first-order chi connectivity index (χ1) is 16.5. The van der Waals surface area contributed by atoms with Gasteiger partial charge in [-0.25, -0.2) is 9.78 Å². The molecule has 0 amide bonds. The fraction of sp³-hybridized carbons (Fsp3) is 0.269. The second kappa shape index (κ2) is 9.04. The molecule has 0 radical (unpaired) electrons. The van der Waals surface area contributed by atoms with Crippen molar-refractivity contribution in [2.24, 2.45) is 0 Å². The first kappa shape index (κ1) is 22.3. The van der Waals surface area contributed by atoms with Gasteiger partial charge in [0.15, 0.2) is 6.79 Å². The van der Waals surface area contributed by atoms with Crippen LogP contribution in [0.4, 0.5) is 0 Å². The molecular formula is C26H24N2O5S. The van der Waals surface area contributed by atoms with E-state index in [0.717, 1.165) is 27.1 Å². The fourth-order valence-corrected chi connectivity index (χ4v) is 5.25. The van der Waals surface area contributed by atoms with Crippen molar-refractivity contribution >= 4 is 27.5 Å². The number of ether oxygens (including phenoxy) is 3. The van der Waals surface area contributed by atoms with Crippen LogP contribution < -0.4 is 10.3 Å². The Morgan fingerprint density at radius 3 is 2.76 bits per heavy atom. The molecule has 0 unspecified atom stereocenters. The third kappa shape index (κ3) is 3.99. The monoisotopic (exact) mass is 476 g/mol. The Morgan fingerprint density at radius 1 is 1.21 bits per heavy atom. The fourth-order valence-electron chi connectivity index (χ4n) is 4.25. The maximum absolute atomic E-state index is 13.7. The summed E-state index contributed by atoms with van der Waals surface area (Å²) < 4.78 is 17.9. The Balaban J connectivity index is 1.62. The van der Waals surface area contributed by atoms with Crippen LogP contribution in [0, 0.1) is 13.8 Å². The maximum atomic E-state index is 13.7. The van der Waals surface area contributed by atoms with Gasteiger partial charge in [-0.05, 0) is 38.5 Å². The molecule has 2 aromatic heterocycles. The second-order valence-corrected chi connectivity index (χ2v) is 9.41. The lowest BCUT2D eigenvalue weighted by molar-refractivity contribution is -0.0171. The van der Waals surface area contributed by atoms with Crippen LogP contribution in [0.3, 0.4) is 0 Å². The van der Waals surface area contributed by atoms with E-state index in [1.807, 2.05) is 38.1 Å². The number of thiophene rings is 1. The molecule has 4 aromatic rings. The molecule has 0 atom stereocenters. The predicted octanol–water partition coefficient (Wildman–Crippen LogP) is 4.83. The van der Waals surface area contributed by atoms with Crippen LogP contribution in [-0.4, -0.2) is 28.9 Å². The molecule has 3 heterocycles. The van der Waals surface area contributed by atoms with Gasteiger partial charge < -0.3 is 14.2 Å². The Morgan fingerprint density at radius 2 is 2.00 bits per heavy atom. The summed E-state index contributed by atoms with van der Waals surface area (Å²) in [5, 5.41) is 0.605. The zero-order valence-corrected chi connectivity index (χ0v) is 20.0. The number of aryl methyl sites for hydroxylation is 2. The van der Waals surface area contributed by atoms with Gasteiger partial charge in [-0.1, -0.05) is 29.8 Å². The molecule has 8 heteroatoms. The first-order valence-corrected chi connectivity index (χ1v) is 11.9. The Hall–Kier alpha value is -3.49. The number of esters is 1. The minimum Gasteiger partial charge on any atom is -0.467 e. The molecule has 174 valence electrons. The van der Waals surface area contributed by atoms with E-state index in [4.69, 9.17) is 14.2 Å². The number of nitrogens with zero attached hydrogens (tertiary/aromatic N) is 2. The molecule has 5 rings (SSSR count). The highest BCUT2D eigenvalue weighted by Crippen LogP contribution is 2.36. The molecule has 0 bridgehead atoms. The minimum absolute atomic E-state index is 0.117. The lowest BCUT2D eigenvalue weighted by Crippen LogP contribution is -2.23. The van der Waals surface area contributed by atoms with Crippen LogP contribution in [-0.2, 0) is 22.6 Å². The van der Waals surface area contributed by atoms with E-state index < -0.39 is 5.97 Å².